The van der Waals surface area contributed by atoms with Gasteiger partial charge in [-0.1, -0.05) is 41.4 Å². The maximum atomic E-state index is 10.5. The van der Waals surface area contributed by atoms with Gasteiger partial charge in [0.1, 0.15) is 5.82 Å². The lowest BCUT2D eigenvalue weighted by molar-refractivity contribution is 0.175. The third kappa shape index (κ3) is 2.64. The summed E-state index contributed by atoms with van der Waals surface area (Å²) in [6, 6.07) is 13.1. The van der Waals surface area contributed by atoms with Crippen LogP contribution in [0.4, 0.5) is 0 Å². The van der Waals surface area contributed by atoms with Gasteiger partial charge >= 0.3 is 0 Å². The van der Waals surface area contributed by atoms with Crippen LogP contribution in [-0.2, 0) is 13.5 Å². The fourth-order valence-corrected chi connectivity index (χ4v) is 3.13. The van der Waals surface area contributed by atoms with E-state index in [2.05, 4.69) is 4.98 Å². The van der Waals surface area contributed by atoms with Crippen LogP contribution in [-0.4, -0.2) is 14.7 Å². The van der Waals surface area contributed by atoms with E-state index in [1.807, 2.05) is 35.9 Å². The summed E-state index contributed by atoms with van der Waals surface area (Å²) in [6.07, 6.45) is -0.434. The third-order valence-corrected chi connectivity index (χ3v) is 4.25. The SMILES string of the molecule is Cn1c(CC(O)c2c(Cl)cccc2Cl)nc2ccccc21. The van der Waals surface area contributed by atoms with Gasteiger partial charge in [0.15, 0.2) is 0 Å². The lowest BCUT2D eigenvalue weighted by atomic mass is 10.1. The van der Waals surface area contributed by atoms with E-state index in [4.69, 9.17) is 23.2 Å². The number of aromatic nitrogens is 2. The van der Waals surface area contributed by atoms with Crippen molar-refractivity contribution in [2.24, 2.45) is 7.05 Å². The van der Waals surface area contributed by atoms with Crippen molar-refractivity contribution in [1.29, 1.82) is 0 Å². The van der Waals surface area contributed by atoms with Crippen molar-refractivity contribution in [3.8, 4) is 0 Å². The number of para-hydroxylation sites is 2. The molecule has 0 spiro atoms. The molecule has 3 aromatic rings. The van der Waals surface area contributed by atoms with Gasteiger partial charge in [-0.25, -0.2) is 4.98 Å². The highest BCUT2D eigenvalue weighted by molar-refractivity contribution is 6.36. The summed E-state index contributed by atoms with van der Waals surface area (Å²) in [5.74, 6) is 0.791. The Bertz CT molecular complexity index is 778. The fourth-order valence-electron chi connectivity index (χ4n) is 2.48. The Hall–Kier alpha value is -1.55. The molecule has 0 amide bonds. The number of imidazole rings is 1. The van der Waals surface area contributed by atoms with Crippen LogP contribution in [0.15, 0.2) is 42.5 Å². The van der Waals surface area contributed by atoms with E-state index in [-0.39, 0.29) is 0 Å². The molecule has 0 bridgehead atoms. The number of aryl methyl sites for hydroxylation is 1. The van der Waals surface area contributed by atoms with E-state index < -0.39 is 6.10 Å². The molecule has 0 radical (unpaired) electrons. The summed E-state index contributed by atoms with van der Waals surface area (Å²) in [6.45, 7) is 0. The Morgan fingerprint density at radius 1 is 1.10 bits per heavy atom. The minimum Gasteiger partial charge on any atom is -0.388 e. The Morgan fingerprint density at radius 2 is 1.76 bits per heavy atom. The fraction of sp³-hybridized carbons (Fsp3) is 0.188. The summed E-state index contributed by atoms with van der Waals surface area (Å²) in [4.78, 5) is 4.55. The first-order chi connectivity index (χ1) is 10.1. The molecule has 0 aliphatic heterocycles. The highest BCUT2D eigenvalue weighted by Crippen LogP contribution is 2.32. The molecule has 1 unspecified atom stereocenters. The molecular formula is C16H14Cl2N2O. The van der Waals surface area contributed by atoms with Crippen LogP contribution in [0, 0.1) is 0 Å². The second kappa shape index (κ2) is 5.68. The first-order valence-electron chi connectivity index (χ1n) is 6.60. The molecule has 0 aliphatic carbocycles. The first-order valence-corrected chi connectivity index (χ1v) is 7.36. The predicted octanol–water partition coefficient (Wildman–Crippen LogP) is 4.16. The molecule has 0 fully saturated rings. The van der Waals surface area contributed by atoms with E-state index in [0.717, 1.165) is 16.9 Å². The van der Waals surface area contributed by atoms with E-state index in [1.165, 1.54) is 0 Å². The molecule has 5 heteroatoms. The number of hydrogen-bond donors (Lipinski definition) is 1. The van der Waals surface area contributed by atoms with Crippen molar-refractivity contribution in [2.45, 2.75) is 12.5 Å². The van der Waals surface area contributed by atoms with Gasteiger partial charge in [-0.3, -0.25) is 0 Å². The summed E-state index contributed by atoms with van der Waals surface area (Å²) >= 11 is 12.3. The Balaban J connectivity index is 1.97. The van der Waals surface area contributed by atoms with Gasteiger partial charge in [0.25, 0.3) is 0 Å². The smallest absolute Gasteiger partial charge is 0.112 e. The van der Waals surface area contributed by atoms with E-state index in [0.29, 0.717) is 22.0 Å². The van der Waals surface area contributed by atoms with Crippen LogP contribution in [0.2, 0.25) is 10.0 Å². The van der Waals surface area contributed by atoms with Gasteiger partial charge in [0.2, 0.25) is 0 Å². The van der Waals surface area contributed by atoms with Crippen molar-refractivity contribution < 1.29 is 5.11 Å². The molecule has 1 atom stereocenters. The highest BCUT2D eigenvalue weighted by Gasteiger charge is 2.18. The number of rotatable bonds is 3. The summed E-state index contributed by atoms with van der Waals surface area (Å²) in [5.41, 5.74) is 2.49. The largest absolute Gasteiger partial charge is 0.388 e. The molecule has 0 saturated carbocycles. The topological polar surface area (TPSA) is 38.0 Å². The highest BCUT2D eigenvalue weighted by atomic mass is 35.5. The maximum Gasteiger partial charge on any atom is 0.112 e. The molecule has 21 heavy (non-hydrogen) atoms. The average Bonchev–Trinajstić information content (AvgIpc) is 2.76. The molecule has 1 aromatic heterocycles. The van der Waals surface area contributed by atoms with Crippen LogP contribution in [0.3, 0.4) is 0 Å². The molecule has 0 aliphatic rings. The van der Waals surface area contributed by atoms with Crippen molar-refractivity contribution in [3.63, 3.8) is 0 Å². The molecule has 3 rings (SSSR count). The minimum absolute atomic E-state index is 0.356. The van der Waals surface area contributed by atoms with Crippen molar-refractivity contribution in [3.05, 3.63) is 63.9 Å². The number of aliphatic hydroxyl groups excluding tert-OH is 1. The van der Waals surface area contributed by atoms with Crippen molar-refractivity contribution >= 4 is 34.2 Å². The van der Waals surface area contributed by atoms with Gasteiger partial charge in [-0.15, -0.1) is 0 Å². The number of fused-ring (bicyclic) bond motifs is 1. The van der Waals surface area contributed by atoms with Gasteiger partial charge in [0, 0.05) is 29.1 Å². The summed E-state index contributed by atoms with van der Waals surface area (Å²) in [5, 5.41) is 11.4. The maximum absolute atomic E-state index is 10.5. The lowest BCUT2D eigenvalue weighted by Crippen LogP contribution is -2.08. The Morgan fingerprint density at radius 3 is 2.43 bits per heavy atom. The van der Waals surface area contributed by atoms with Gasteiger partial charge in [-0.2, -0.15) is 0 Å². The van der Waals surface area contributed by atoms with Crippen LogP contribution < -0.4 is 0 Å². The molecule has 2 aromatic carbocycles. The second-order valence-corrected chi connectivity index (χ2v) is 5.75. The molecule has 1 heterocycles. The quantitative estimate of drug-likeness (QED) is 0.787. The molecule has 3 nitrogen and oxygen atoms in total. The van der Waals surface area contributed by atoms with E-state index in [9.17, 15) is 5.11 Å². The first kappa shape index (κ1) is 14.4. The van der Waals surface area contributed by atoms with E-state index in [1.54, 1.807) is 18.2 Å². The Kier molecular flexibility index (Phi) is 3.89. The molecule has 1 N–H and O–H groups in total. The molecular weight excluding hydrogens is 307 g/mol. The van der Waals surface area contributed by atoms with Gasteiger partial charge in [-0.05, 0) is 24.3 Å². The van der Waals surface area contributed by atoms with E-state index >= 15 is 0 Å². The normalized spacial score (nSPS) is 12.8. The average molecular weight is 321 g/mol. The number of hydrogen-bond acceptors (Lipinski definition) is 2. The van der Waals surface area contributed by atoms with Crippen LogP contribution in [0.1, 0.15) is 17.5 Å². The zero-order valence-electron chi connectivity index (χ0n) is 11.4. The number of halogens is 2. The molecule has 108 valence electrons. The van der Waals surface area contributed by atoms with Crippen LogP contribution >= 0.6 is 23.2 Å². The summed E-state index contributed by atoms with van der Waals surface area (Å²) < 4.78 is 1.98. The second-order valence-electron chi connectivity index (χ2n) is 4.93. The van der Waals surface area contributed by atoms with Crippen molar-refractivity contribution in [2.75, 3.05) is 0 Å². The molecule has 0 saturated heterocycles. The van der Waals surface area contributed by atoms with Crippen molar-refractivity contribution in [1.82, 2.24) is 9.55 Å². The minimum atomic E-state index is -0.790. The monoisotopic (exact) mass is 320 g/mol. The third-order valence-electron chi connectivity index (χ3n) is 3.59. The zero-order chi connectivity index (χ0) is 15.0. The lowest BCUT2D eigenvalue weighted by Gasteiger charge is -2.14. The standard InChI is InChI=1S/C16H14Cl2N2O/c1-20-13-8-3-2-7-12(13)19-15(20)9-14(21)16-10(17)5-4-6-11(16)18/h2-8,14,21H,9H2,1H3. The van der Waals surface area contributed by atoms with Gasteiger partial charge in [0.05, 0.1) is 17.1 Å². The van der Waals surface area contributed by atoms with Gasteiger partial charge < -0.3 is 9.67 Å². The number of benzene rings is 2. The summed E-state index contributed by atoms with van der Waals surface area (Å²) in [7, 11) is 1.94. The number of aliphatic hydroxyl groups is 1. The zero-order valence-corrected chi connectivity index (χ0v) is 12.9. The van der Waals surface area contributed by atoms with Crippen LogP contribution in [0.5, 0.6) is 0 Å². The predicted molar refractivity (Wildman–Crippen MR) is 85.8 cm³/mol. The van der Waals surface area contributed by atoms with Crippen LogP contribution in [0.25, 0.3) is 11.0 Å². The number of nitrogens with zero attached hydrogens (tertiary/aromatic N) is 2. The Labute approximate surface area is 132 Å².